The van der Waals surface area contributed by atoms with E-state index in [2.05, 4.69) is 10.6 Å². The van der Waals surface area contributed by atoms with Crippen molar-refractivity contribution < 1.29 is 18.7 Å². The van der Waals surface area contributed by atoms with Crippen molar-refractivity contribution in [2.45, 2.75) is 45.8 Å². The first-order valence-corrected chi connectivity index (χ1v) is 7.52. The van der Waals surface area contributed by atoms with Crippen LogP contribution in [0.5, 0.6) is 0 Å². The zero-order valence-corrected chi connectivity index (χ0v) is 13.2. The molecular formula is C16H24F2N2O2. The Labute approximate surface area is 129 Å². The molecule has 22 heavy (non-hydrogen) atoms. The van der Waals surface area contributed by atoms with Gasteiger partial charge in [-0.25, -0.2) is 13.6 Å². The number of carbonyl (C=O) groups excluding carboxylic acids is 1. The number of amides is 2. The number of nitrogens with one attached hydrogen (secondary N) is 2. The molecule has 0 aliphatic heterocycles. The van der Waals surface area contributed by atoms with Crippen LogP contribution in [-0.2, 0) is 0 Å². The molecule has 2 amide bonds. The molecule has 1 aromatic carbocycles. The van der Waals surface area contributed by atoms with Gasteiger partial charge in [0, 0.05) is 12.1 Å². The number of rotatable bonds is 7. The molecule has 1 rings (SSSR count). The largest absolute Gasteiger partial charge is 0.393 e. The minimum absolute atomic E-state index is 0.120. The maximum Gasteiger partial charge on any atom is 0.315 e. The molecule has 0 saturated carbocycles. The highest BCUT2D eigenvalue weighted by molar-refractivity contribution is 5.74. The first kappa shape index (κ1) is 18.4. The maximum absolute atomic E-state index is 13.7. The molecular weight excluding hydrogens is 290 g/mol. The van der Waals surface area contributed by atoms with Crippen molar-refractivity contribution in [2.75, 3.05) is 6.54 Å². The van der Waals surface area contributed by atoms with Gasteiger partial charge in [0.1, 0.15) is 11.6 Å². The van der Waals surface area contributed by atoms with E-state index in [1.807, 2.05) is 13.8 Å². The van der Waals surface area contributed by atoms with Crippen LogP contribution in [0.1, 0.15) is 45.2 Å². The second-order valence-electron chi connectivity index (χ2n) is 5.63. The normalized spacial score (nSPS) is 13.8. The highest BCUT2D eigenvalue weighted by atomic mass is 19.1. The summed E-state index contributed by atoms with van der Waals surface area (Å²) in [6, 6.07) is 2.11. The SMILES string of the molecule is CCC(NC(=O)NCCC(O)C(C)C)c1cc(F)ccc1F. The molecule has 2 unspecified atom stereocenters. The Morgan fingerprint density at radius 1 is 1.32 bits per heavy atom. The van der Waals surface area contributed by atoms with Gasteiger partial charge in [0.25, 0.3) is 0 Å². The Hall–Kier alpha value is -1.69. The monoisotopic (exact) mass is 314 g/mol. The minimum Gasteiger partial charge on any atom is -0.393 e. The average Bonchev–Trinajstić information content (AvgIpc) is 2.47. The van der Waals surface area contributed by atoms with Crippen LogP contribution in [0.4, 0.5) is 13.6 Å². The van der Waals surface area contributed by atoms with Crippen LogP contribution < -0.4 is 10.6 Å². The van der Waals surface area contributed by atoms with Gasteiger partial charge in [0.2, 0.25) is 0 Å². The van der Waals surface area contributed by atoms with Crippen molar-refractivity contribution in [3.63, 3.8) is 0 Å². The fraction of sp³-hybridized carbons (Fsp3) is 0.562. The summed E-state index contributed by atoms with van der Waals surface area (Å²) in [5.41, 5.74) is 0.125. The number of halogens is 2. The molecule has 2 atom stereocenters. The highest BCUT2D eigenvalue weighted by Gasteiger charge is 2.17. The molecule has 0 aliphatic rings. The quantitative estimate of drug-likeness (QED) is 0.724. The molecule has 4 nitrogen and oxygen atoms in total. The lowest BCUT2D eigenvalue weighted by molar-refractivity contribution is 0.116. The summed E-state index contributed by atoms with van der Waals surface area (Å²) < 4.78 is 27.0. The number of aliphatic hydroxyl groups is 1. The fourth-order valence-corrected chi connectivity index (χ4v) is 2.06. The molecule has 0 aromatic heterocycles. The molecule has 0 radical (unpaired) electrons. The van der Waals surface area contributed by atoms with Crippen molar-refractivity contribution in [3.05, 3.63) is 35.4 Å². The van der Waals surface area contributed by atoms with E-state index >= 15 is 0 Å². The van der Waals surface area contributed by atoms with Crippen molar-refractivity contribution in [1.29, 1.82) is 0 Å². The van der Waals surface area contributed by atoms with Crippen molar-refractivity contribution in [2.24, 2.45) is 5.92 Å². The van der Waals surface area contributed by atoms with E-state index in [0.29, 0.717) is 19.4 Å². The first-order valence-electron chi connectivity index (χ1n) is 7.52. The predicted octanol–water partition coefficient (Wildman–Crippen LogP) is 3.12. The van der Waals surface area contributed by atoms with Crippen molar-refractivity contribution in [1.82, 2.24) is 10.6 Å². The van der Waals surface area contributed by atoms with E-state index in [4.69, 9.17) is 0 Å². The number of urea groups is 1. The van der Waals surface area contributed by atoms with E-state index in [0.717, 1.165) is 18.2 Å². The summed E-state index contributed by atoms with van der Waals surface area (Å²) in [6.07, 6.45) is 0.390. The summed E-state index contributed by atoms with van der Waals surface area (Å²) in [6.45, 7) is 5.88. The van der Waals surface area contributed by atoms with Crippen LogP contribution in [0.15, 0.2) is 18.2 Å². The Morgan fingerprint density at radius 3 is 2.59 bits per heavy atom. The smallest absolute Gasteiger partial charge is 0.315 e. The van der Waals surface area contributed by atoms with E-state index in [-0.39, 0.29) is 11.5 Å². The van der Waals surface area contributed by atoms with Crippen LogP contribution >= 0.6 is 0 Å². The molecule has 0 fully saturated rings. The summed E-state index contributed by atoms with van der Waals surface area (Å²) in [5, 5.41) is 14.9. The topological polar surface area (TPSA) is 61.4 Å². The third kappa shape index (κ3) is 5.60. The summed E-state index contributed by atoms with van der Waals surface area (Å²) in [7, 11) is 0. The number of hydrogen-bond acceptors (Lipinski definition) is 2. The second-order valence-corrected chi connectivity index (χ2v) is 5.63. The van der Waals surface area contributed by atoms with Gasteiger partial charge < -0.3 is 15.7 Å². The Balaban J connectivity index is 2.55. The van der Waals surface area contributed by atoms with E-state index in [9.17, 15) is 18.7 Å². The van der Waals surface area contributed by atoms with Gasteiger partial charge in [-0.05, 0) is 37.0 Å². The van der Waals surface area contributed by atoms with Gasteiger partial charge in [-0.15, -0.1) is 0 Å². The summed E-state index contributed by atoms with van der Waals surface area (Å²) >= 11 is 0. The lowest BCUT2D eigenvalue weighted by Gasteiger charge is -2.19. The van der Waals surface area contributed by atoms with Gasteiger partial charge >= 0.3 is 6.03 Å². The third-order valence-electron chi connectivity index (χ3n) is 3.54. The molecule has 1 aromatic rings. The molecule has 124 valence electrons. The summed E-state index contributed by atoms with van der Waals surface area (Å²) in [5.74, 6) is -0.976. The van der Waals surface area contributed by atoms with E-state index < -0.39 is 29.8 Å². The average molecular weight is 314 g/mol. The zero-order chi connectivity index (χ0) is 16.7. The van der Waals surface area contributed by atoms with Gasteiger partial charge in [-0.3, -0.25) is 0 Å². The predicted molar refractivity (Wildman–Crippen MR) is 81.4 cm³/mol. The van der Waals surface area contributed by atoms with Crippen molar-refractivity contribution in [3.8, 4) is 0 Å². The third-order valence-corrected chi connectivity index (χ3v) is 3.54. The number of aliphatic hydroxyl groups excluding tert-OH is 1. The van der Waals surface area contributed by atoms with Gasteiger partial charge in [0.15, 0.2) is 0 Å². The second kappa shape index (κ2) is 8.68. The van der Waals surface area contributed by atoms with Crippen LogP contribution in [0.2, 0.25) is 0 Å². The molecule has 0 spiro atoms. The Morgan fingerprint density at radius 2 is 2.00 bits per heavy atom. The molecule has 0 heterocycles. The van der Waals surface area contributed by atoms with E-state index in [1.165, 1.54) is 0 Å². The minimum atomic E-state index is -0.606. The van der Waals surface area contributed by atoms with Crippen LogP contribution in [0.3, 0.4) is 0 Å². The maximum atomic E-state index is 13.7. The number of carbonyl (C=O) groups is 1. The van der Waals surface area contributed by atoms with Gasteiger partial charge in [-0.1, -0.05) is 20.8 Å². The standard InChI is InChI=1S/C16H24F2N2O2/c1-4-14(12-9-11(17)5-6-13(12)18)20-16(22)19-8-7-15(21)10(2)3/h5-6,9-10,14-15,21H,4,7-8H2,1-3H3,(H2,19,20,22). The van der Waals surface area contributed by atoms with Gasteiger partial charge in [-0.2, -0.15) is 0 Å². The molecule has 3 N–H and O–H groups in total. The van der Waals surface area contributed by atoms with Crippen LogP contribution in [-0.4, -0.2) is 23.8 Å². The molecule has 0 aliphatic carbocycles. The molecule has 0 saturated heterocycles. The van der Waals surface area contributed by atoms with Crippen LogP contribution in [0.25, 0.3) is 0 Å². The summed E-state index contributed by atoms with van der Waals surface area (Å²) in [4.78, 5) is 11.8. The Kier molecular flexibility index (Phi) is 7.24. The van der Waals surface area contributed by atoms with Crippen LogP contribution in [0, 0.1) is 17.6 Å². The highest BCUT2D eigenvalue weighted by Crippen LogP contribution is 2.21. The number of benzene rings is 1. The molecule has 6 heteroatoms. The zero-order valence-electron chi connectivity index (χ0n) is 13.2. The first-order chi connectivity index (χ1) is 10.3. The lowest BCUT2D eigenvalue weighted by atomic mass is 10.0. The van der Waals surface area contributed by atoms with E-state index in [1.54, 1.807) is 6.92 Å². The van der Waals surface area contributed by atoms with Crippen molar-refractivity contribution >= 4 is 6.03 Å². The van der Waals surface area contributed by atoms with Gasteiger partial charge in [0.05, 0.1) is 12.1 Å². The fourth-order valence-electron chi connectivity index (χ4n) is 2.06. The lowest BCUT2D eigenvalue weighted by Crippen LogP contribution is -2.39. The number of hydrogen-bond donors (Lipinski definition) is 3. The molecule has 0 bridgehead atoms. The Bertz CT molecular complexity index is 495.